The predicted molar refractivity (Wildman–Crippen MR) is 74.1 cm³/mol. The van der Waals surface area contributed by atoms with E-state index in [1.54, 1.807) is 0 Å². The molecule has 0 radical (unpaired) electrons. The molecule has 2 bridgehead atoms. The van der Waals surface area contributed by atoms with Crippen molar-refractivity contribution in [2.24, 2.45) is 5.92 Å². The van der Waals surface area contributed by atoms with Gasteiger partial charge in [-0.05, 0) is 58.0 Å². The Bertz CT molecular complexity index is 333. The molecule has 0 aromatic carbocycles. The first-order valence-corrected chi connectivity index (χ1v) is 7.81. The fourth-order valence-corrected chi connectivity index (χ4v) is 4.52. The maximum atomic E-state index is 10.9. The third-order valence-corrected chi connectivity index (χ3v) is 5.60. The second kappa shape index (κ2) is 5.41. The number of piperidine rings is 2. The van der Waals surface area contributed by atoms with E-state index in [0.29, 0.717) is 18.4 Å². The topological polar surface area (TPSA) is 43.8 Å². The van der Waals surface area contributed by atoms with E-state index in [4.69, 9.17) is 5.11 Å². The summed E-state index contributed by atoms with van der Waals surface area (Å²) in [6.07, 6.45) is 7.96. The number of carboxylic acids is 1. The third-order valence-electron chi connectivity index (χ3n) is 5.60. The minimum absolute atomic E-state index is 0.357. The van der Waals surface area contributed by atoms with E-state index < -0.39 is 5.97 Å². The molecule has 0 amide bonds. The highest BCUT2D eigenvalue weighted by molar-refractivity contribution is 5.67. The van der Waals surface area contributed by atoms with Crippen molar-refractivity contribution in [1.29, 1.82) is 0 Å². The van der Waals surface area contributed by atoms with Gasteiger partial charge in [-0.25, -0.2) is 0 Å². The Morgan fingerprint density at radius 1 is 1.16 bits per heavy atom. The molecule has 3 aliphatic heterocycles. The molecule has 4 nitrogen and oxygen atoms in total. The van der Waals surface area contributed by atoms with Gasteiger partial charge in [0.15, 0.2) is 0 Å². The van der Waals surface area contributed by atoms with Crippen molar-refractivity contribution < 1.29 is 9.90 Å². The lowest BCUT2D eigenvalue weighted by molar-refractivity contribution is -0.138. The van der Waals surface area contributed by atoms with Crippen LogP contribution in [-0.4, -0.2) is 59.1 Å². The fraction of sp³-hybridized carbons (Fsp3) is 0.933. The maximum absolute atomic E-state index is 10.9. The molecular formula is C15H26N2O2. The largest absolute Gasteiger partial charge is 0.481 e. The zero-order valence-electron chi connectivity index (χ0n) is 11.9. The Balaban J connectivity index is 1.58. The van der Waals surface area contributed by atoms with Crippen LogP contribution < -0.4 is 0 Å². The SMILES string of the molecule is CN1C2CCC1CC(N1CCCC(CC(=O)O)C1)C2. The summed E-state index contributed by atoms with van der Waals surface area (Å²) in [6.45, 7) is 2.20. The first kappa shape index (κ1) is 13.4. The average molecular weight is 266 g/mol. The van der Waals surface area contributed by atoms with Gasteiger partial charge in [0.1, 0.15) is 0 Å². The van der Waals surface area contributed by atoms with Gasteiger partial charge < -0.3 is 10.0 Å². The van der Waals surface area contributed by atoms with Crippen molar-refractivity contribution in [1.82, 2.24) is 9.80 Å². The van der Waals surface area contributed by atoms with Gasteiger partial charge in [0.05, 0.1) is 0 Å². The summed E-state index contributed by atoms with van der Waals surface area (Å²) in [4.78, 5) is 16.1. The van der Waals surface area contributed by atoms with Crippen molar-refractivity contribution >= 4 is 5.97 Å². The molecule has 3 heterocycles. The Morgan fingerprint density at radius 3 is 2.47 bits per heavy atom. The molecule has 108 valence electrons. The van der Waals surface area contributed by atoms with Crippen LogP contribution in [0.4, 0.5) is 0 Å². The van der Waals surface area contributed by atoms with Crippen molar-refractivity contribution in [3.8, 4) is 0 Å². The summed E-state index contributed by atoms with van der Waals surface area (Å²) < 4.78 is 0. The molecular weight excluding hydrogens is 240 g/mol. The van der Waals surface area contributed by atoms with Crippen LogP contribution in [0.25, 0.3) is 0 Å². The van der Waals surface area contributed by atoms with Crippen LogP contribution in [0, 0.1) is 5.92 Å². The summed E-state index contributed by atoms with van der Waals surface area (Å²) in [6, 6.07) is 2.28. The van der Waals surface area contributed by atoms with Crippen LogP contribution in [0.5, 0.6) is 0 Å². The van der Waals surface area contributed by atoms with Gasteiger partial charge in [0.2, 0.25) is 0 Å². The van der Waals surface area contributed by atoms with Crippen LogP contribution in [-0.2, 0) is 4.79 Å². The predicted octanol–water partition coefficient (Wildman–Crippen LogP) is 1.80. The first-order valence-electron chi connectivity index (χ1n) is 7.81. The van der Waals surface area contributed by atoms with Gasteiger partial charge in [0, 0.05) is 31.1 Å². The Hall–Kier alpha value is -0.610. The second-order valence-electron chi connectivity index (χ2n) is 6.78. The summed E-state index contributed by atoms with van der Waals surface area (Å²) >= 11 is 0. The first-order chi connectivity index (χ1) is 9.13. The standard InChI is InChI=1S/C15H26N2O2/c1-16-12-4-5-13(16)9-14(8-12)17-6-2-3-11(10-17)7-15(18)19/h11-14H,2-10H2,1H3,(H,18,19). The highest BCUT2D eigenvalue weighted by atomic mass is 16.4. The lowest BCUT2D eigenvalue weighted by Crippen LogP contribution is -2.51. The molecule has 3 saturated heterocycles. The lowest BCUT2D eigenvalue weighted by atomic mass is 9.90. The van der Waals surface area contributed by atoms with Crippen LogP contribution in [0.15, 0.2) is 0 Å². The smallest absolute Gasteiger partial charge is 0.303 e. The van der Waals surface area contributed by atoms with Gasteiger partial charge in [-0.2, -0.15) is 0 Å². The highest BCUT2D eigenvalue weighted by Gasteiger charge is 2.41. The van der Waals surface area contributed by atoms with E-state index in [1.165, 1.54) is 38.6 Å². The average Bonchev–Trinajstić information content (AvgIpc) is 2.62. The molecule has 3 unspecified atom stereocenters. The van der Waals surface area contributed by atoms with E-state index in [-0.39, 0.29) is 0 Å². The molecule has 0 spiro atoms. The Kier molecular flexibility index (Phi) is 3.81. The minimum Gasteiger partial charge on any atom is -0.481 e. The molecule has 3 atom stereocenters. The number of hydrogen-bond donors (Lipinski definition) is 1. The van der Waals surface area contributed by atoms with Crippen LogP contribution in [0.3, 0.4) is 0 Å². The minimum atomic E-state index is -0.629. The molecule has 0 aromatic rings. The number of likely N-dealkylation sites (tertiary alicyclic amines) is 1. The Morgan fingerprint density at radius 2 is 1.84 bits per heavy atom. The number of carboxylic acid groups (broad SMARTS) is 1. The second-order valence-corrected chi connectivity index (χ2v) is 6.78. The van der Waals surface area contributed by atoms with Crippen molar-refractivity contribution in [3.05, 3.63) is 0 Å². The van der Waals surface area contributed by atoms with E-state index in [0.717, 1.165) is 25.0 Å². The number of fused-ring (bicyclic) bond motifs is 2. The van der Waals surface area contributed by atoms with E-state index in [1.807, 2.05) is 0 Å². The van der Waals surface area contributed by atoms with E-state index in [9.17, 15) is 4.79 Å². The van der Waals surface area contributed by atoms with E-state index >= 15 is 0 Å². The van der Waals surface area contributed by atoms with Gasteiger partial charge in [-0.15, -0.1) is 0 Å². The fourth-order valence-electron chi connectivity index (χ4n) is 4.52. The normalized spacial score (nSPS) is 40.5. The number of nitrogens with zero attached hydrogens (tertiary/aromatic N) is 2. The molecule has 1 N–H and O–H groups in total. The number of rotatable bonds is 3. The van der Waals surface area contributed by atoms with Gasteiger partial charge in [0.25, 0.3) is 0 Å². The van der Waals surface area contributed by atoms with Gasteiger partial charge in [-0.3, -0.25) is 9.69 Å². The molecule has 4 heteroatoms. The zero-order valence-corrected chi connectivity index (χ0v) is 11.9. The summed E-state index contributed by atoms with van der Waals surface area (Å²) in [7, 11) is 2.28. The van der Waals surface area contributed by atoms with Crippen molar-refractivity contribution in [3.63, 3.8) is 0 Å². The molecule has 19 heavy (non-hydrogen) atoms. The summed E-state index contributed by atoms with van der Waals surface area (Å²) in [5.41, 5.74) is 0. The molecule has 0 saturated carbocycles. The van der Waals surface area contributed by atoms with Crippen molar-refractivity contribution in [2.75, 3.05) is 20.1 Å². The Labute approximate surface area is 115 Å². The highest BCUT2D eigenvalue weighted by Crippen LogP contribution is 2.37. The number of carbonyl (C=O) groups is 1. The zero-order chi connectivity index (χ0) is 13.4. The summed E-state index contributed by atoms with van der Waals surface area (Å²) in [5, 5.41) is 8.97. The number of hydrogen-bond acceptors (Lipinski definition) is 3. The third kappa shape index (κ3) is 2.79. The monoisotopic (exact) mass is 266 g/mol. The van der Waals surface area contributed by atoms with Crippen LogP contribution in [0.2, 0.25) is 0 Å². The molecule has 3 aliphatic rings. The maximum Gasteiger partial charge on any atom is 0.303 e. The number of aliphatic carboxylic acids is 1. The van der Waals surface area contributed by atoms with E-state index in [2.05, 4.69) is 16.8 Å². The van der Waals surface area contributed by atoms with Gasteiger partial charge >= 0.3 is 5.97 Å². The quantitative estimate of drug-likeness (QED) is 0.846. The molecule has 0 aromatic heterocycles. The summed E-state index contributed by atoms with van der Waals surface area (Å²) in [5.74, 6) is -0.251. The molecule has 3 rings (SSSR count). The van der Waals surface area contributed by atoms with Crippen molar-refractivity contribution in [2.45, 2.75) is 63.1 Å². The molecule has 3 fully saturated rings. The molecule has 0 aliphatic carbocycles. The van der Waals surface area contributed by atoms with Gasteiger partial charge in [-0.1, -0.05) is 0 Å². The van der Waals surface area contributed by atoms with Crippen LogP contribution >= 0.6 is 0 Å². The lowest BCUT2D eigenvalue weighted by Gasteiger charge is -2.44. The van der Waals surface area contributed by atoms with Crippen LogP contribution in [0.1, 0.15) is 44.9 Å².